The molecule has 0 bridgehead atoms. The first kappa shape index (κ1) is 24.3. The number of ether oxygens (including phenoxy) is 1. The molecule has 1 fully saturated rings. The minimum atomic E-state index is -3.25. The predicted octanol–water partition coefficient (Wildman–Crippen LogP) is 2.21. The van der Waals surface area contributed by atoms with Crippen molar-refractivity contribution in [2.75, 3.05) is 32.0 Å². The minimum absolute atomic E-state index is 0.0474. The zero-order valence-electron chi connectivity index (χ0n) is 18.0. The number of sulfonamides is 1. The molecule has 0 saturated carbocycles. The van der Waals surface area contributed by atoms with Crippen molar-refractivity contribution in [1.82, 2.24) is 14.2 Å². The zero-order valence-corrected chi connectivity index (χ0v) is 18.8. The van der Waals surface area contributed by atoms with E-state index in [0.29, 0.717) is 45.5 Å². The summed E-state index contributed by atoms with van der Waals surface area (Å²) in [5.41, 5.74) is 0.884. The SMILES string of the molecule is CCCCS(=O)(=O)N1CCC(C(=O)N(CCC(=O)OCC)Cc2cccnc2)CC1. The first-order valence-corrected chi connectivity index (χ1v) is 12.3. The molecule has 1 saturated heterocycles. The molecule has 168 valence electrons. The summed E-state index contributed by atoms with van der Waals surface area (Å²) < 4.78 is 31.3. The van der Waals surface area contributed by atoms with Gasteiger partial charge >= 0.3 is 5.97 Å². The highest BCUT2D eigenvalue weighted by molar-refractivity contribution is 7.89. The number of amides is 1. The van der Waals surface area contributed by atoms with Gasteiger partial charge in [-0.25, -0.2) is 12.7 Å². The molecule has 0 N–H and O–H groups in total. The van der Waals surface area contributed by atoms with Gasteiger partial charge in [0, 0.05) is 44.5 Å². The molecular weight excluding hydrogens is 406 g/mol. The lowest BCUT2D eigenvalue weighted by Crippen LogP contribution is -2.45. The van der Waals surface area contributed by atoms with Crippen LogP contribution in [-0.2, 0) is 30.9 Å². The van der Waals surface area contributed by atoms with Gasteiger partial charge in [0.15, 0.2) is 0 Å². The van der Waals surface area contributed by atoms with Crippen molar-refractivity contribution in [3.63, 3.8) is 0 Å². The number of pyridine rings is 1. The van der Waals surface area contributed by atoms with Crippen LogP contribution < -0.4 is 0 Å². The van der Waals surface area contributed by atoms with Crippen LogP contribution in [-0.4, -0.2) is 66.5 Å². The molecule has 9 heteroatoms. The molecule has 0 atom stereocenters. The summed E-state index contributed by atoms with van der Waals surface area (Å²) in [5, 5.41) is 0. The molecule has 0 spiro atoms. The van der Waals surface area contributed by atoms with Crippen molar-refractivity contribution in [1.29, 1.82) is 0 Å². The van der Waals surface area contributed by atoms with Gasteiger partial charge in [0.2, 0.25) is 15.9 Å². The van der Waals surface area contributed by atoms with Crippen LogP contribution in [0.25, 0.3) is 0 Å². The summed E-state index contributed by atoms with van der Waals surface area (Å²) in [6.07, 6.45) is 5.97. The third-order valence-electron chi connectivity index (χ3n) is 5.25. The van der Waals surface area contributed by atoms with Crippen LogP contribution in [0.2, 0.25) is 0 Å². The van der Waals surface area contributed by atoms with E-state index in [1.807, 2.05) is 19.1 Å². The van der Waals surface area contributed by atoms with Gasteiger partial charge in [-0.1, -0.05) is 19.4 Å². The summed E-state index contributed by atoms with van der Waals surface area (Å²) in [5.74, 6) is -0.469. The molecule has 1 aliphatic heterocycles. The Bertz CT molecular complexity index is 777. The van der Waals surface area contributed by atoms with Crippen LogP contribution in [0.3, 0.4) is 0 Å². The topological polar surface area (TPSA) is 96.9 Å². The van der Waals surface area contributed by atoms with E-state index in [-0.39, 0.29) is 36.5 Å². The Kier molecular flexibility index (Phi) is 9.71. The Morgan fingerprint density at radius 2 is 2.00 bits per heavy atom. The molecule has 8 nitrogen and oxygen atoms in total. The maximum atomic E-state index is 13.2. The largest absolute Gasteiger partial charge is 0.466 e. The highest BCUT2D eigenvalue weighted by Crippen LogP contribution is 2.23. The van der Waals surface area contributed by atoms with Crippen molar-refractivity contribution < 1.29 is 22.7 Å². The number of aromatic nitrogens is 1. The van der Waals surface area contributed by atoms with E-state index < -0.39 is 10.0 Å². The molecule has 0 aromatic carbocycles. The number of hydrogen-bond donors (Lipinski definition) is 0. The summed E-state index contributed by atoms with van der Waals surface area (Å²) in [6.45, 7) is 5.37. The lowest BCUT2D eigenvalue weighted by Gasteiger charge is -2.33. The van der Waals surface area contributed by atoms with Gasteiger partial charge in [-0.05, 0) is 37.8 Å². The second-order valence-electron chi connectivity index (χ2n) is 7.52. The standard InChI is InChI=1S/C21H33N3O5S/c1-3-5-15-30(27,28)24-13-8-19(9-14-24)21(26)23(12-10-20(25)29-4-2)17-18-7-6-11-22-16-18/h6-7,11,16,19H,3-5,8-10,12-15,17H2,1-2H3. The Hall–Kier alpha value is -2.00. The molecule has 2 heterocycles. The van der Waals surface area contributed by atoms with Gasteiger partial charge < -0.3 is 9.64 Å². The van der Waals surface area contributed by atoms with Crippen LogP contribution in [0.15, 0.2) is 24.5 Å². The maximum Gasteiger partial charge on any atom is 0.307 e. The number of unbranched alkanes of at least 4 members (excludes halogenated alkanes) is 1. The van der Waals surface area contributed by atoms with Crippen LogP contribution in [0, 0.1) is 5.92 Å². The number of piperidine rings is 1. The molecule has 0 unspecified atom stereocenters. The van der Waals surface area contributed by atoms with Gasteiger partial charge in [-0.3, -0.25) is 14.6 Å². The van der Waals surface area contributed by atoms with E-state index >= 15 is 0 Å². The summed E-state index contributed by atoms with van der Waals surface area (Å²) in [4.78, 5) is 30.7. The number of hydrogen-bond acceptors (Lipinski definition) is 6. The molecule has 1 aromatic rings. The zero-order chi connectivity index (χ0) is 22.0. The van der Waals surface area contributed by atoms with Gasteiger partial charge in [0.05, 0.1) is 18.8 Å². The van der Waals surface area contributed by atoms with E-state index in [1.54, 1.807) is 24.2 Å². The van der Waals surface area contributed by atoms with Crippen molar-refractivity contribution in [3.8, 4) is 0 Å². The van der Waals surface area contributed by atoms with Crippen LogP contribution in [0.1, 0.15) is 51.5 Å². The van der Waals surface area contributed by atoms with E-state index in [9.17, 15) is 18.0 Å². The van der Waals surface area contributed by atoms with E-state index in [2.05, 4.69) is 4.98 Å². The second kappa shape index (κ2) is 12.0. The third kappa shape index (κ3) is 7.36. The Balaban J connectivity index is 2.00. The van der Waals surface area contributed by atoms with Crippen molar-refractivity contribution in [3.05, 3.63) is 30.1 Å². The lowest BCUT2D eigenvalue weighted by molar-refractivity contribution is -0.145. The predicted molar refractivity (Wildman–Crippen MR) is 114 cm³/mol. The fourth-order valence-corrected chi connectivity index (χ4v) is 5.21. The normalized spacial score (nSPS) is 15.7. The first-order chi connectivity index (χ1) is 14.4. The maximum absolute atomic E-state index is 13.2. The molecule has 1 aliphatic rings. The third-order valence-corrected chi connectivity index (χ3v) is 7.21. The summed E-state index contributed by atoms with van der Waals surface area (Å²) >= 11 is 0. The summed E-state index contributed by atoms with van der Waals surface area (Å²) in [7, 11) is -3.25. The summed E-state index contributed by atoms with van der Waals surface area (Å²) in [6, 6.07) is 3.70. The fraction of sp³-hybridized carbons (Fsp3) is 0.667. The van der Waals surface area contributed by atoms with Gasteiger partial charge in [-0.15, -0.1) is 0 Å². The number of esters is 1. The number of rotatable bonds is 11. The van der Waals surface area contributed by atoms with Crippen molar-refractivity contribution >= 4 is 21.9 Å². The van der Waals surface area contributed by atoms with Crippen LogP contribution in [0.5, 0.6) is 0 Å². The van der Waals surface area contributed by atoms with Crippen LogP contribution >= 0.6 is 0 Å². The number of nitrogens with zero attached hydrogens (tertiary/aromatic N) is 3. The average Bonchev–Trinajstić information content (AvgIpc) is 2.75. The molecule has 30 heavy (non-hydrogen) atoms. The fourth-order valence-electron chi connectivity index (χ4n) is 3.53. The Labute approximate surface area is 179 Å². The van der Waals surface area contributed by atoms with Crippen molar-refractivity contribution in [2.45, 2.75) is 52.5 Å². The molecular formula is C21H33N3O5S. The molecule has 0 aliphatic carbocycles. The quantitative estimate of drug-likeness (QED) is 0.491. The first-order valence-electron chi connectivity index (χ1n) is 10.7. The Morgan fingerprint density at radius 1 is 1.27 bits per heavy atom. The van der Waals surface area contributed by atoms with Gasteiger partial charge in [-0.2, -0.15) is 0 Å². The number of carbonyl (C=O) groups excluding carboxylic acids is 2. The molecule has 0 radical (unpaired) electrons. The monoisotopic (exact) mass is 439 g/mol. The molecule has 1 amide bonds. The average molecular weight is 440 g/mol. The van der Waals surface area contributed by atoms with Crippen molar-refractivity contribution in [2.24, 2.45) is 5.92 Å². The minimum Gasteiger partial charge on any atom is -0.466 e. The lowest BCUT2D eigenvalue weighted by atomic mass is 9.96. The molecule has 2 rings (SSSR count). The van der Waals surface area contributed by atoms with E-state index in [1.165, 1.54) is 4.31 Å². The molecule has 1 aromatic heterocycles. The Morgan fingerprint density at radius 3 is 2.60 bits per heavy atom. The van der Waals surface area contributed by atoms with E-state index in [0.717, 1.165) is 12.0 Å². The van der Waals surface area contributed by atoms with Gasteiger partial charge in [0.25, 0.3) is 0 Å². The number of carbonyl (C=O) groups is 2. The highest BCUT2D eigenvalue weighted by Gasteiger charge is 2.33. The highest BCUT2D eigenvalue weighted by atomic mass is 32.2. The van der Waals surface area contributed by atoms with Gasteiger partial charge in [0.1, 0.15) is 0 Å². The smallest absolute Gasteiger partial charge is 0.307 e. The van der Waals surface area contributed by atoms with Crippen LogP contribution in [0.4, 0.5) is 0 Å². The van der Waals surface area contributed by atoms with E-state index in [4.69, 9.17) is 4.74 Å². The second-order valence-corrected chi connectivity index (χ2v) is 9.61.